The first-order valence-corrected chi connectivity index (χ1v) is 7.35. The average Bonchev–Trinajstić information content (AvgIpc) is 2.81. The van der Waals surface area contributed by atoms with Crippen molar-refractivity contribution in [1.29, 1.82) is 0 Å². The zero-order chi connectivity index (χ0) is 13.5. The number of nitrogens with zero attached hydrogens (tertiary/aromatic N) is 1. The number of nitrogens with two attached hydrogens (primary N) is 1. The molecular formula is C13H20N2OS2. The van der Waals surface area contributed by atoms with Gasteiger partial charge in [-0.2, -0.15) is 0 Å². The SMILES string of the molecule is CC(CN(C)C(=O)CCCc1cccs1)C(N)=S. The van der Waals surface area contributed by atoms with Gasteiger partial charge in [0, 0.05) is 30.8 Å². The molecule has 0 aliphatic carbocycles. The number of aryl methyl sites for hydroxylation is 1. The van der Waals surface area contributed by atoms with Crippen molar-refractivity contribution in [2.24, 2.45) is 11.7 Å². The summed E-state index contributed by atoms with van der Waals surface area (Å²) in [5, 5.41) is 2.06. The fourth-order valence-corrected chi connectivity index (χ4v) is 2.49. The zero-order valence-corrected chi connectivity index (χ0v) is 12.5. The van der Waals surface area contributed by atoms with Crippen LogP contribution < -0.4 is 5.73 Å². The van der Waals surface area contributed by atoms with Crippen LogP contribution >= 0.6 is 23.6 Å². The first-order valence-electron chi connectivity index (χ1n) is 6.06. The molecule has 18 heavy (non-hydrogen) atoms. The average molecular weight is 284 g/mol. The lowest BCUT2D eigenvalue weighted by Crippen LogP contribution is -2.35. The Bertz CT molecular complexity index is 390. The van der Waals surface area contributed by atoms with Gasteiger partial charge in [-0.3, -0.25) is 4.79 Å². The van der Waals surface area contributed by atoms with E-state index in [0.29, 0.717) is 18.0 Å². The molecule has 5 heteroatoms. The molecule has 1 unspecified atom stereocenters. The number of carbonyl (C=O) groups is 1. The van der Waals surface area contributed by atoms with Crippen molar-refractivity contribution in [3.05, 3.63) is 22.4 Å². The van der Waals surface area contributed by atoms with Gasteiger partial charge in [-0.15, -0.1) is 11.3 Å². The van der Waals surface area contributed by atoms with Crippen LogP contribution in [-0.4, -0.2) is 29.4 Å². The third kappa shape index (κ3) is 5.14. The lowest BCUT2D eigenvalue weighted by Gasteiger charge is -2.20. The van der Waals surface area contributed by atoms with Crippen LogP contribution in [-0.2, 0) is 11.2 Å². The smallest absolute Gasteiger partial charge is 0.222 e. The molecule has 1 amide bonds. The second kappa shape index (κ2) is 7.48. The molecule has 1 aromatic rings. The van der Waals surface area contributed by atoms with Crippen LogP contribution in [0.25, 0.3) is 0 Å². The highest BCUT2D eigenvalue weighted by atomic mass is 32.1. The summed E-state index contributed by atoms with van der Waals surface area (Å²) in [6, 6.07) is 4.14. The van der Waals surface area contributed by atoms with E-state index in [9.17, 15) is 4.79 Å². The topological polar surface area (TPSA) is 46.3 Å². The van der Waals surface area contributed by atoms with Crippen molar-refractivity contribution >= 4 is 34.5 Å². The summed E-state index contributed by atoms with van der Waals surface area (Å²) >= 11 is 6.64. The third-order valence-corrected chi connectivity index (χ3v) is 4.19. The van der Waals surface area contributed by atoms with Crippen molar-refractivity contribution in [2.45, 2.75) is 26.2 Å². The Hall–Kier alpha value is -0.940. The van der Waals surface area contributed by atoms with E-state index in [2.05, 4.69) is 11.4 Å². The van der Waals surface area contributed by atoms with E-state index >= 15 is 0 Å². The normalized spacial score (nSPS) is 12.1. The van der Waals surface area contributed by atoms with Crippen molar-refractivity contribution in [3.63, 3.8) is 0 Å². The maximum absolute atomic E-state index is 11.9. The van der Waals surface area contributed by atoms with Gasteiger partial charge in [0.25, 0.3) is 0 Å². The largest absolute Gasteiger partial charge is 0.393 e. The third-order valence-electron chi connectivity index (χ3n) is 2.85. The van der Waals surface area contributed by atoms with Gasteiger partial charge in [-0.05, 0) is 24.3 Å². The molecule has 100 valence electrons. The molecule has 1 atom stereocenters. The van der Waals surface area contributed by atoms with Gasteiger partial charge >= 0.3 is 0 Å². The Balaban J connectivity index is 2.25. The quantitative estimate of drug-likeness (QED) is 0.782. The molecule has 0 spiro atoms. The fourth-order valence-electron chi connectivity index (χ4n) is 1.66. The van der Waals surface area contributed by atoms with Gasteiger partial charge < -0.3 is 10.6 Å². The molecule has 0 fully saturated rings. The van der Waals surface area contributed by atoms with Crippen LogP contribution in [0, 0.1) is 5.92 Å². The van der Waals surface area contributed by atoms with Crippen molar-refractivity contribution < 1.29 is 4.79 Å². The van der Waals surface area contributed by atoms with Crippen LogP contribution in [0.5, 0.6) is 0 Å². The van der Waals surface area contributed by atoms with E-state index in [1.54, 1.807) is 16.2 Å². The van der Waals surface area contributed by atoms with Gasteiger partial charge in [0.2, 0.25) is 5.91 Å². The number of thiophene rings is 1. The van der Waals surface area contributed by atoms with Gasteiger partial charge in [-0.1, -0.05) is 25.2 Å². The Morgan fingerprint density at radius 1 is 1.61 bits per heavy atom. The molecule has 0 aromatic carbocycles. The number of hydrogen-bond donors (Lipinski definition) is 1. The fraction of sp³-hybridized carbons (Fsp3) is 0.538. The van der Waals surface area contributed by atoms with Gasteiger partial charge in [0.05, 0.1) is 4.99 Å². The van der Waals surface area contributed by atoms with E-state index in [-0.39, 0.29) is 11.8 Å². The first kappa shape index (κ1) is 15.1. The zero-order valence-electron chi connectivity index (χ0n) is 10.9. The van der Waals surface area contributed by atoms with Crippen LogP contribution in [0.2, 0.25) is 0 Å². The van der Waals surface area contributed by atoms with Crippen molar-refractivity contribution in [1.82, 2.24) is 4.90 Å². The monoisotopic (exact) mass is 284 g/mol. The molecule has 1 rings (SSSR count). The summed E-state index contributed by atoms with van der Waals surface area (Å²) in [5.41, 5.74) is 5.54. The summed E-state index contributed by atoms with van der Waals surface area (Å²) in [6.45, 7) is 2.55. The summed E-state index contributed by atoms with van der Waals surface area (Å²) < 4.78 is 0. The van der Waals surface area contributed by atoms with Crippen LogP contribution in [0.1, 0.15) is 24.6 Å². The molecule has 3 nitrogen and oxygen atoms in total. The maximum Gasteiger partial charge on any atom is 0.222 e. The minimum absolute atomic E-state index is 0.0752. The molecule has 0 aliphatic rings. The molecule has 2 N–H and O–H groups in total. The van der Waals surface area contributed by atoms with Crippen molar-refractivity contribution in [3.8, 4) is 0 Å². The molecule has 0 radical (unpaired) electrons. The molecule has 1 aromatic heterocycles. The highest BCUT2D eigenvalue weighted by Gasteiger charge is 2.13. The predicted molar refractivity (Wildman–Crippen MR) is 80.8 cm³/mol. The number of carbonyl (C=O) groups excluding carboxylic acids is 1. The van der Waals surface area contributed by atoms with E-state index in [4.69, 9.17) is 18.0 Å². The predicted octanol–water partition coefficient (Wildman–Crippen LogP) is 2.45. The Kier molecular flexibility index (Phi) is 6.29. The van der Waals surface area contributed by atoms with Crippen LogP contribution in [0.15, 0.2) is 17.5 Å². The van der Waals surface area contributed by atoms with Crippen LogP contribution in [0.4, 0.5) is 0 Å². The first-order chi connectivity index (χ1) is 8.50. The molecule has 0 saturated heterocycles. The molecule has 0 bridgehead atoms. The van der Waals surface area contributed by atoms with Gasteiger partial charge in [-0.25, -0.2) is 0 Å². The van der Waals surface area contributed by atoms with Gasteiger partial charge in [0.15, 0.2) is 0 Å². The standard InChI is InChI=1S/C13H20N2OS2/c1-10(13(14)17)9-15(2)12(16)7-3-5-11-6-4-8-18-11/h4,6,8,10H,3,5,7,9H2,1-2H3,(H2,14,17). The number of amides is 1. The van der Waals surface area contributed by atoms with E-state index in [1.165, 1.54) is 4.88 Å². The highest BCUT2D eigenvalue weighted by molar-refractivity contribution is 7.80. The Labute approximate surface area is 118 Å². The lowest BCUT2D eigenvalue weighted by molar-refractivity contribution is -0.130. The number of hydrogen-bond acceptors (Lipinski definition) is 3. The molecular weight excluding hydrogens is 264 g/mol. The minimum Gasteiger partial charge on any atom is -0.393 e. The summed E-state index contributed by atoms with van der Waals surface area (Å²) in [7, 11) is 1.81. The Morgan fingerprint density at radius 3 is 2.89 bits per heavy atom. The summed E-state index contributed by atoms with van der Waals surface area (Å²) in [6.07, 6.45) is 2.45. The van der Waals surface area contributed by atoms with Crippen molar-refractivity contribution in [2.75, 3.05) is 13.6 Å². The lowest BCUT2D eigenvalue weighted by atomic mass is 10.1. The molecule has 0 saturated carbocycles. The number of rotatable bonds is 7. The van der Waals surface area contributed by atoms with Crippen LogP contribution in [0.3, 0.4) is 0 Å². The van der Waals surface area contributed by atoms with E-state index in [0.717, 1.165) is 12.8 Å². The summed E-state index contributed by atoms with van der Waals surface area (Å²) in [5.74, 6) is 0.237. The number of thiocarbonyl (C=S) groups is 1. The van der Waals surface area contributed by atoms with Gasteiger partial charge in [0.1, 0.15) is 0 Å². The minimum atomic E-state index is 0.0752. The second-order valence-corrected chi connectivity index (χ2v) is 6.01. The summed E-state index contributed by atoms with van der Waals surface area (Å²) in [4.78, 5) is 15.4. The Morgan fingerprint density at radius 2 is 2.33 bits per heavy atom. The van der Waals surface area contributed by atoms with E-state index in [1.807, 2.05) is 20.0 Å². The highest BCUT2D eigenvalue weighted by Crippen LogP contribution is 2.12. The molecule has 1 heterocycles. The maximum atomic E-state index is 11.9. The molecule has 0 aliphatic heterocycles. The van der Waals surface area contributed by atoms with E-state index < -0.39 is 0 Å². The second-order valence-electron chi connectivity index (χ2n) is 4.51.